The number of carbonyl (C=O) groups is 2. The zero-order valence-corrected chi connectivity index (χ0v) is 27.6. The monoisotopic (exact) mass is 678 g/mol. The second-order valence-electron chi connectivity index (χ2n) is 5.66. The quantitative estimate of drug-likeness (QED) is 0.203. The van der Waals surface area contributed by atoms with E-state index in [0.29, 0.717) is 24.3 Å². The Balaban J connectivity index is -0.000000578. The van der Waals surface area contributed by atoms with Crippen LogP contribution >= 0.6 is 0 Å². The van der Waals surface area contributed by atoms with E-state index in [1.54, 1.807) is 0 Å². The van der Waals surface area contributed by atoms with Crippen LogP contribution in [0.15, 0.2) is 56.0 Å². The minimum absolute atomic E-state index is 0. The molecule has 0 aliphatic carbocycles. The Morgan fingerprint density at radius 2 is 0.730 bits per heavy atom. The Labute approximate surface area is 299 Å². The van der Waals surface area contributed by atoms with Crippen LogP contribution in [0.25, 0.3) is 0 Å². The first-order valence-electron chi connectivity index (χ1n) is 7.62. The van der Waals surface area contributed by atoms with E-state index >= 15 is 0 Å². The fourth-order valence-corrected chi connectivity index (χ4v) is 6.12. The largest absolute Gasteiger partial charge is 2.00 e. The van der Waals surface area contributed by atoms with Gasteiger partial charge in [-0.1, -0.05) is 24.3 Å². The summed E-state index contributed by atoms with van der Waals surface area (Å²) in [5.41, 5.74) is -2.34. The Kier molecular flexibility index (Phi) is 17.9. The maximum atomic E-state index is 10.8. The SMILES string of the molecule is O=C([O-])c1cccc(S(=O)(=O)[O-])c1S(=O)(=O)[O-].O=C([O-])c1cccc(S(=O)(=O)[O-])c1S(=O)(=O)[O-].[Ca+2].[Ca+2].[Ca+2]. The second kappa shape index (κ2) is 15.7. The molecule has 0 radical (unpaired) electrons. The molecule has 0 N–H and O–H groups in total. The van der Waals surface area contributed by atoms with Crippen molar-refractivity contribution in [2.45, 2.75) is 19.6 Å². The van der Waals surface area contributed by atoms with E-state index in [9.17, 15) is 71.7 Å². The molecule has 2 aromatic carbocycles. The summed E-state index contributed by atoms with van der Waals surface area (Å²) in [4.78, 5) is 15.1. The Bertz CT molecular complexity index is 1480. The van der Waals surface area contributed by atoms with Crippen molar-refractivity contribution >= 4 is 166 Å². The molecule has 2 rings (SSSR count). The fraction of sp³-hybridized carbons (Fsp3) is 0. The van der Waals surface area contributed by atoms with E-state index in [1.807, 2.05) is 0 Å². The van der Waals surface area contributed by atoms with Crippen LogP contribution in [0.3, 0.4) is 0 Å². The minimum atomic E-state index is -5.44. The summed E-state index contributed by atoms with van der Waals surface area (Å²) in [6.07, 6.45) is 0. The molecular weight excluding hydrogens is 673 g/mol. The molecule has 0 spiro atoms. The second-order valence-corrected chi connectivity index (χ2v) is 11.0. The van der Waals surface area contributed by atoms with Gasteiger partial charge in [0.1, 0.15) is 40.5 Å². The standard InChI is InChI=1S/2C7H6O8S2.3Ca/c2*8-7(9)4-2-1-3-5(16(10,11)12)6(4)17(13,14)15;;;/h2*1-3H,(H,8,9)(H,10,11,12)(H,13,14,15);;;/q;;3*+2/p-6. The maximum absolute atomic E-state index is 10.8. The summed E-state index contributed by atoms with van der Waals surface area (Å²) in [6.45, 7) is 0. The Hall–Kier alpha value is 0.799. The average Bonchev–Trinajstić information content (AvgIpc) is 2.64. The molecule has 0 amide bonds. The zero-order valence-electron chi connectivity index (χ0n) is 17.8. The molecule has 2 aromatic rings. The van der Waals surface area contributed by atoms with Crippen molar-refractivity contribution < 1.29 is 71.7 Å². The van der Waals surface area contributed by atoms with Crippen molar-refractivity contribution in [2.24, 2.45) is 0 Å². The number of hydrogen-bond donors (Lipinski definition) is 0. The first kappa shape index (κ1) is 42.3. The summed E-state index contributed by atoms with van der Waals surface area (Å²) in [5.74, 6) is -4.16. The van der Waals surface area contributed by atoms with Crippen LogP contribution in [0.2, 0.25) is 0 Å². The summed E-state index contributed by atoms with van der Waals surface area (Å²) in [7, 11) is -21.5. The van der Waals surface area contributed by atoms with Crippen LogP contribution in [-0.2, 0) is 40.5 Å². The number of hydrogen-bond acceptors (Lipinski definition) is 16. The molecule has 0 fully saturated rings. The van der Waals surface area contributed by atoms with Gasteiger partial charge in [0, 0.05) is 11.1 Å². The van der Waals surface area contributed by atoms with Crippen molar-refractivity contribution in [3.05, 3.63) is 47.5 Å². The molecule has 0 bridgehead atoms. The molecular formula is C14H6Ca3O16S4. The molecule has 0 aliphatic rings. The van der Waals surface area contributed by atoms with Gasteiger partial charge in [0.25, 0.3) is 0 Å². The van der Waals surface area contributed by atoms with Gasteiger partial charge in [-0.15, -0.1) is 0 Å². The predicted molar refractivity (Wildman–Crippen MR) is 111 cm³/mol. The van der Waals surface area contributed by atoms with E-state index < -0.39 is 83.1 Å². The summed E-state index contributed by atoms with van der Waals surface area (Å²) in [6, 6.07) is 3.97. The third-order valence-corrected chi connectivity index (χ3v) is 7.33. The zero-order chi connectivity index (χ0) is 26.9. The van der Waals surface area contributed by atoms with Crippen molar-refractivity contribution in [3.8, 4) is 0 Å². The number of rotatable bonds is 6. The molecule has 16 nitrogen and oxygen atoms in total. The molecule has 0 aromatic heterocycles. The molecule has 0 unspecified atom stereocenters. The van der Waals surface area contributed by atoms with E-state index in [1.165, 1.54) is 0 Å². The molecule has 37 heavy (non-hydrogen) atoms. The average molecular weight is 679 g/mol. The number of benzene rings is 2. The van der Waals surface area contributed by atoms with Crippen LogP contribution in [0, 0.1) is 0 Å². The third kappa shape index (κ3) is 12.1. The van der Waals surface area contributed by atoms with Gasteiger partial charge in [0.05, 0.1) is 31.5 Å². The van der Waals surface area contributed by atoms with Crippen molar-refractivity contribution in [1.29, 1.82) is 0 Å². The van der Waals surface area contributed by atoms with Crippen molar-refractivity contribution in [2.75, 3.05) is 0 Å². The minimum Gasteiger partial charge on any atom is -0.744 e. The molecule has 188 valence electrons. The maximum Gasteiger partial charge on any atom is 2.00 e. The fourth-order valence-electron chi connectivity index (χ4n) is 2.26. The number of carboxylic acids is 2. The van der Waals surface area contributed by atoms with Crippen LogP contribution in [0.1, 0.15) is 20.7 Å². The number of carbonyl (C=O) groups excluding carboxylic acids is 2. The first-order chi connectivity index (χ1) is 15.1. The van der Waals surface area contributed by atoms with Gasteiger partial charge >= 0.3 is 113 Å². The van der Waals surface area contributed by atoms with E-state index in [2.05, 4.69) is 0 Å². The van der Waals surface area contributed by atoms with Crippen LogP contribution in [-0.4, -0.2) is 177 Å². The van der Waals surface area contributed by atoms with Crippen LogP contribution < -0.4 is 10.2 Å². The van der Waals surface area contributed by atoms with E-state index in [0.717, 1.165) is 12.1 Å². The molecule has 0 saturated carbocycles. The van der Waals surface area contributed by atoms with Crippen LogP contribution in [0.4, 0.5) is 0 Å². The van der Waals surface area contributed by atoms with Crippen LogP contribution in [0.5, 0.6) is 0 Å². The van der Waals surface area contributed by atoms with Crippen molar-refractivity contribution in [1.82, 2.24) is 0 Å². The molecule has 0 aliphatic heterocycles. The van der Waals surface area contributed by atoms with Gasteiger partial charge in [-0.3, -0.25) is 0 Å². The molecule has 0 atom stereocenters. The predicted octanol–water partition coefficient (Wildman–Crippen LogP) is -5.43. The molecule has 0 saturated heterocycles. The number of carboxylic acid groups (broad SMARTS) is 2. The molecule has 23 heteroatoms. The summed E-state index contributed by atoms with van der Waals surface area (Å²) >= 11 is 0. The summed E-state index contributed by atoms with van der Waals surface area (Å²) < 4.78 is 129. The normalized spacial score (nSPS) is 11.4. The smallest absolute Gasteiger partial charge is 0.744 e. The third-order valence-electron chi connectivity index (χ3n) is 3.44. The Morgan fingerprint density at radius 1 is 0.486 bits per heavy atom. The van der Waals surface area contributed by atoms with Gasteiger partial charge in [-0.2, -0.15) is 0 Å². The first-order valence-corrected chi connectivity index (χ1v) is 13.3. The van der Waals surface area contributed by atoms with E-state index in [-0.39, 0.29) is 113 Å². The van der Waals surface area contributed by atoms with Gasteiger partial charge < -0.3 is 38.0 Å². The number of aromatic carboxylic acids is 2. The van der Waals surface area contributed by atoms with Gasteiger partial charge in [-0.25, -0.2) is 33.7 Å². The van der Waals surface area contributed by atoms with Crippen molar-refractivity contribution in [3.63, 3.8) is 0 Å². The topological polar surface area (TPSA) is 309 Å². The van der Waals surface area contributed by atoms with Gasteiger partial charge in [0.2, 0.25) is 0 Å². The van der Waals surface area contributed by atoms with Gasteiger partial charge in [-0.05, 0) is 12.1 Å². The molecule has 0 heterocycles. The Morgan fingerprint density at radius 3 is 0.892 bits per heavy atom. The van der Waals surface area contributed by atoms with E-state index in [4.69, 9.17) is 0 Å². The summed E-state index contributed by atoms with van der Waals surface area (Å²) in [5, 5.41) is 21.1. The van der Waals surface area contributed by atoms with Gasteiger partial charge in [0.15, 0.2) is 0 Å².